The Kier molecular flexibility index (Phi) is 6.23. The van der Waals surface area contributed by atoms with Gasteiger partial charge in [0.15, 0.2) is 0 Å². The summed E-state index contributed by atoms with van der Waals surface area (Å²) < 4.78 is 5.26. The summed E-state index contributed by atoms with van der Waals surface area (Å²) in [7, 11) is 1.43. The zero-order valence-electron chi connectivity index (χ0n) is 15.2. The lowest BCUT2D eigenvalue weighted by molar-refractivity contribution is -0.114. The first-order valence-corrected chi connectivity index (χ1v) is 9.48. The summed E-state index contributed by atoms with van der Waals surface area (Å²) in [6.45, 7) is 1.37. The second kappa shape index (κ2) is 8.81. The fourth-order valence-corrected chi connectivity index (χ4v) is 3.48. The highest BCUT2D eigenvalue weighted by molar-refractivity contribution is 7.15. The molecule has 1 heterocycles. The fourth-order valence-electron chi connectivity index (χ4n) is 2.50. The Bertz CT molecular complexity index is 1010. The summed E-state index contributed by atoms with van der Waals surface area (Å²) in [6, 6.07) is 12.8. The van der Waals surface area contributed by atoms with Gasteiger partial charge in [-0.1, -0.05) is 53.3 Å². The topological polar surface area (TPSA) is 93.2 Å². The van der Waals surface area contributed by atoms with Crippen LogP contribution in [0.1, 0.15) is 27.9 Å². The SMILES string of the molecule is COc1cc(NC(C)=O)c(Cl)cc1C(=O)Nc1nnc(Cc2ccccc2)s1. The van der Waals surface area contributed by atoms with Gasteiger partial charge in [-0.05, 0) is 11.6 Å². The second-order valence-corrected chi connectivity index (χ2v) is 7.30. The Hall–Kier alpha value is -2.97. The quantitative estimate of drug-likeness (QED) is 0.633. The van der Waals surface area contributed by atoms with Gasteiger partial charge in [-0.15, -0.1) is 10.2 Å². The van der Waals surface area contributed by atoms with E-state index in [4.69, 9.17) is 16.3 Å². The molecule has 0 radical (unpaired) electrons. The van der Waals surface area contributed by atoms with Crippen LogP contribution in [0.3, 0.4) is 0 Å². The number of ether oxygens (including phenoxy) is 1. The van der Waals surface area contributed by atoms with Crippen LogP contribution in [0.15, 0.2) is 42.5 Å². The normalized spacial score (nSPS) is 10.4. The van der Waals surface area contributed by atoms with Crippen LogP contribution in [0.25, 0.3) is 0 Å². The summed E-state index contributed by atoms with van der Waals surface area (Å²) in [5, 5.41) is 14.8. The van der Waals surface area contributed by atoms with E-state index in [9.17, 15) is 9.59 Å². The third-order valence-corrected chi connectivity index (χ3v) is 4.88. The molecule has 1 aromatic heterocycles. The lowest BCUT2D eigenvalue weighted by Crippen LogP contribution is -2.14. The van der Waals surface area contributed by atoms with Crippen molar-refractivity contribution in [3.8, 4) is 5.75 Å². The number of methoxy groups -OCH3 is 1. The van der Waals surface area contributed by atoms with Crippen molar-refractivity contribution in [1.29, 1.82) is 0 Å². The number of anilines is 2. The maximum Gasteiger partial charge on any atom is 0.261 e. The summed E-state index contributed by atoms with van der Waals surface area (Å²) in [5.74, 6) is -0.434. The van der Waals surface area contributed by atoms with Crippen LogP contribution in [-0.2, 0) is 11.2 Å². The maximum atomic E-state index is 12.6. The van der Waals surface area contributed by atoms with Gasteiger partial charge in [0.05, 0.1) is 23.4 Å². The monoisotopic (exact) mass is 416 g/mol. The Morgan fingerprint density at radius 2 is 1.89 bits per heavy atom. The van der Waals surface area contributed by atoms with Crippen LogP contribution in [0.2, 0.25) is 5.02 Å². The molecule has 2 aromatic carbocycles. The van der Waals surface area contributed by atoms with Crippen LogP contribution < -0.4 is 15.4 Å². The number of carbonyl (C=O) groups is 2. The van der Waals surface area contributed by atoms with Crippen LogP contribution in [0.5, 0.6) is 5.75 Å². The molecule has 0 aliphatic heterocycles. The van der Waals surface area contributed by atoms with Gasteiger partial charge < -0.3 is 10.1 Å². The molecule has 2 N–H and O–H groups in total. The highest BCUT2D eigenvalue weighted by Gasteiger charge is 2.18. The number of hydrogen-bond acceptors (Lipinski definition) is 6. The molecule has 0 aliphatic rings. The summed E-state index contributed by atoms with van der Waals surface area (Å²) in [6.07, 6.45) is 0.634. The minimum atomic E-state index is -0.435. The van der Waals surface area contributed by atoms with Crippen molar-refractivity contribution in [2.75, 3.05) is 17.7 Å². The molecule has 0 saturated carbocycles. The van der Waals surface area contributed by atoms with Crippen LogP contribution in [0, 0.1) is 0 Å². The van der Waals surface area contributed by atoms with Gasteiger partial charge >= 0.3 is 0 Å². The van der Waals surface area contributed by atoms with Crippen LogP contribution in [0.4, 0.5) is 10.8 Å². The molecular weight excluding hydrogens is 400 g/mol. The highest BCUT2D eigenvalue weighted by atomic mass is 35.5. The molecule has 3 rings (SSSR count). The van der Waals surface area contributed by atoms with Gasteiger partial charge in [-0.25, -0.2) is 0 Å². The lowest BCUT2D eigenvalue weighted by atomic mass is 10.1. The molecule has 2 amide bonds. The predicted molar refractivity (Wildman–Crippen MR) is 109 cm³/mol. The van der Waals surface area contributed by atoms with Crippen molar-refractivity contribution in [3.05, 3.63) is 63.6 Å². The minimum absolute atomic E-state index is 0.224. The first-order valence-electron chi connectivity index (χ1n) is 8.29. The van der Waals surface area contributed by atoms with E-state index in [1.807, 2.05) is 30.3 Å². The number of rotatable bonds is 6. The predicted octanol–water partition coefficient (Wildman–Crippen LogP) is 4.00. The molecule has 0 spiro atoms. The number of benzene rings is 2. The van der Waals surface area contributed by atoms with Gasteiger partial charge in [-0.2, -0.15) is 0 Å². The van der Waals surface area contributed by atoms with Crippen molar-refractivity contribution < 1.29 is 14.3 Å². The molecule has 7 nitrogen and oxygen atoms in total. The lowest BCUT2D eigenvalue weighted by Gasteiger charge is -2.12. The third-order valence-electron chi connectivity index (χ3n) is 3.73. The maximum absolute atomic E-state index is 12.6. The fraction of sp³-hybridized carbons (Fsp3) is 0.158. The molecular formula is C19H17ClN4O3S. The number of nitrogens with zero attached hydrogens (tertiary/aromatic N) is 2. The number of aromatic nitrogens is 2. The third kappa shape index (κ3) is 4.85. The van der Waals surface area contributed by atoms with E-state index in [1.54, 1.807) is 0 Å². The minimum Gasteiger partial charge on any atom is -0.496 e. The van der Waals surface area contributed by atoms with Gasteiger partial charge in [0.25, 0.3) is 5.91 Å². The number of halogens is 1. The van der Waals surface area contributed by atoms with Crippen LogP contribution in [-0.4, -0.2) is 29.1 Å². The van der Waals surface area contributed by atoms with E-state index in [1.165, 1.54) is 37.5 Å². The van der Waals surface area contributed by atoms with Gasteiger partial charge in [0, 0.05) is 19.4 Å². The van der Waals surface area contributed by atoms with Crippen molar-refractivity contribution in [2.24, 2.45) is 0 Å². The Morgan fingerprint density at radius 1 is 1.14 bits per heavy atom. The first kappa shape index (κ1) is 19.8. The molecule has 0 atom stereocenters. The number of nitrogens with one attached hydrogen (secondary N) is 2. The number of amides is 2. The van der Waals surface area contributed by atoms with E-state index in [2.05, 4.69) is 20.8 Å². The molecule has 144 valence electrons. The first-order chi connectivity index (χ1) is 13.5. The second-order valence-electron chi connectivity index (χ2n) is 5.83. The van der Waals surface area contributed by atoms with Crippen LogP contribution >= 0.6 is 22.9 Å². The molecule has 0 unspecified atom stereocenters. The Balaban J connectivity index is 1.76. The molecule has 0 bridgehead atoms. The zero-order valence-corrected chi connectivity index (χ0v) is 16.7. The summed E-state index contributed by atoms with van der Waals surface area (Å²) >= 11 is 7.46. The van der Waals surface area contributed by atoms with Gasteiger partial charge in [0.1, 0.15) is 10.8 Å². The van der Waals surface area contributed by atoms with Crippen molar-refractivity contribution in [3.63, 3.8) is 0 Å². The number of hydrogen-bond donors (Lipinski definition) is 2. The standard InChI is InChI=1S/C19H17ClN4O3S/c1-11(25)21-15-10-16(27-2)13(9-14(15)20)18(26)22-19-24-23-17(28-19)8-12-6-4-3-5-7-12/h3-7,9-10H,8H2,1-2H3,(H,21,25)(H,22,24,26). The van der Waals surface area contributed by atoms with E-state index < -0.39 is 5.91 Å². The van der Waals surface area contributed by atoms with E-state index in [-0.39, 0.29) is 22.2 Å². The molecule has 3 aromatic rings. The van der Waals surface area contributed by atoms with Gasteiger partial charge in [-0.3, -0.25) is 14.9 Å². The van der Waals surface area contributed by atoms with E-state index >= 15 is 0 Å². The average Bonchev–Trinajstić information content (AvgIpc) is 3.10. The molecule has 0 aliphatic carbocycles. The highest BCUT2D eigenvalue weighted by Crippen LogP contribution is 2.32. The molecule has 0 saturated heterocycles. The summed E-state index contributed by atoms with van der Waals surface area (Å²) in [4.78, 5) is 23.9. The molecule has 0 fully saturated rings. The average molecular weight is 417 g/mol. The Morgan fingerprint density at radius 3 is 2.57 bits per heavy atom. The number of carbonyl (C=O) groups excluding carboxylic acids is 2. The molecule has 28 heavy (non-hydrogen) atoms. The van der Waals surface area contributed by atoms with Crippen molar-refractivity contribution >= 4 is 45.6 Å². The smallest absolute Gasteiger partial charge is 0.261 e. The van der Waals surface area contributed by atoms with Gasteiger partial charge in [0.2, 0.25) is 11.0 Å². The van der Waals surface area contributed by atoms with Crippen molar-refractivity contribution in [2.45, 2.75) is 13.3 Å². The zero-order chi connectivity index (χ0) is 20.1. The Labute approximate surface area is 170 Å². The largest absolute Gasteiger partial charge is 0.496 e. The van der Waals surface area contributed by atoms with Crippen molar-refractivity contribution in [1.82, 2.24) is 10.2 Å². The van der Waals surface area contributed by atoms with E-state index in [0.717, 1.165) is 10.6 Å². The van der Waals surface area contributed by atoms with E-state index in [0.29, 0.717) is 17.2 Å². The summed E-state index contributed by atoms with van der Waals surface area (Å²) in [5.41, 5.74) is 1.70. The molecule has 9 heteroatoms.